The van der Waals surface area contributed by atoms with Crippen molar-refractivity contribution in [2.75, 3.05) is 11.9 Å². The van der Waals surface area contributed by atoms with Crippen LogP contribution >= 0.6 is 0 Å². The maximum absolute atomic E-state index is 11.0. The van der Waals surface area contributed by atoms with Gasteiger partial charge in [-0.1, -0.05) is 13.3 Å². The Morgan fingerprint density at radius 1 is 1.52 bits per heavy atom. The van der Waals surface area contributed by atoms with E-state index in [9.17, 15) is 14.9 Å². The third-order valence-electron chi connectivity index (χ3n) is 3.56. The Hall–Kier alpha value is -2.12. The third-order valence-corrected chi connectivity index (χ3v) is 3.56. The number of nitrogens with one attached hydrogen (secondary N) is 1. The Kier molecular flexibility index (Phi) is 6.13. The summed E-state index contributed by atoms with van der Waals surface area (Å²) in [6.07, 6.45) is 2.44. The van der Waals surface area contributed by atoms with Crippen LogP contribution in [0.5, 0.6) is 0 Å². The van der Waals surface area contributed by atoms with E-state index in [1.165, 1.54) is 4.68 Å². The van der Waals surface area contributed by atoms with Crippen LogP contribution in [0.25, 0.3) is 0 Å². The minimum atomic E-state index is -0.792. The quantitative estimate of drug-likeness (QED) is 0.534. The molecule has 0 aliphatic carbocycles. The minimum absolute atomic E-state index is 0.00363. The SMILES string of the molecule is CCC(CCNc1c([N+](=O)[O-])c(C)nn1C)CCC(=O)O. The van der Waals surface area contributed by atoms with Crippen LogP contribution < -0.4 is 5.32 Å². The molecule has 1 heterocycles. The van der Waals surface area contributed by atoms with Gasteiger partial charge in [0.15, 0.2) is 0 Å². The van der Waals surface area contributed by atoms with Crippen LogP contribution in [0.2, 0.25) is 0 Å². The number of hydrogen-bond donors (Lipinski definition) is 2. The van der Waals surface area contributed by atoms with Gasteiger partial charge in [0.05, 0.1) is 4.92 Å². The van der Waals surface area contributed by atoms with Gasteiger partial charge in [-0.3, -0.25) is 14.9 Å². The molecule has 0 amide bonds. The van der Waals surface area contributed by atoms with E-state index in [2.05, 4.69) is 10.4 Å². The van der Waals surface area contributed by atoms with Gasteiger partial charge in [-0.2, -0.15) is 5.10 Å². The van der Waals surface area contributed by atoms with E-state index in [1.54, 1.807) is 14.0 Å². The summed E-state index contributed by atoms with van der Waals surface area (Å²) >= 11 is 0. The molecule has 0 aliphatic rings. The van der Waals surface area contributed by atoms with Crippen LogP contribution in [0.1, 0.15) is 38.3 Å². The van der Waals surface area contributed by atoms with Crippen LogP contribution in [0.3, 0.4) is 0 Å². The molecule has 0 radical (unpaired) electrons. The van der Waals surface area contributed by atoms with Crippen molar-refractivity contribution >= 4 is 17.5 Å². The largest absolute Gasteiger partial charge is 0.481 e. The lowest BCUT2D eigenvalue weighted by molar-refractivity contribution is -0.384. The summed E-state index contributed by atoms with van der Waals surface area (Å²) in [5.74, 6) is -0.105. The monoisotopic (exact) mass is 298 g/mol. The molecule has 8 nitrogen and oxygen atoms in total. The van der Waals surface area contributed by atoms with Crippen LogP contribution in [-0.2, 0) is 11.8 Å². The average molecular weight is 298 g/mol. The lowest BCUT2D eigenvalue weighted by Gasteiger charge is -2.14. The van der Waals surface area contributed by atoms with Crippen molar-refractivity contribution in [2.45, 2.75) is 39.5 Å². The average Bonchev–Trinajstić information content (AvgIpc) is 2.67. The van der Waals surface area contributed by atoms with Gasteiger partial charge >= 0.3 is 11.7 Å². The lowest BCUT2D eigenvalue weighted by atomic mass is 9.97. The Morgan fingerprint density at radius 2 is 2.19 bits per heavy atom. The van der Waals surface area contributed by atoms with Crippen molar-refractivity contribution in [3.05, 3.63) is 15.8 Å². The molecule has 118 valence electrons. The topological polar surface area (TPSA) is 110 Å². The molecular formula is C13H22N4O4. The Labute approximate surface area is 123 Å². The Bertz CT molecular complexity index is 513. The van der Waals surface area contributed by atoms with Gasteiger partial charge in [-0.15, -0.1) is 0 Å². The van der Waals surface area contributed by atoms with Gasteiger partial charge in [-0.05, 0) is 25.7 Å². The molecule has 0 bridgehead atoms. The zero-order chi connectivity index (χ0) is 16.0. The van der Waals surface area contributed by atoms with E-state index < -0.39 is 10.9 Å². The van der Waals surface area contributed by atoms with Gasteiger partial charge < -0.3 is 10.4 Å². The molecule has 0 fully saturated rings. The number of rotatable bonds is 9. The molecule has 0 spiro atoms. The number of carboxylic acids is 1. The van der Waals surface area contributed by atoms with Gasteiger partial charge in [0.1, 0.15) is 5.69 Å². The van der Waals surface area contributed by atoms with Crippen LogP contribution in [0, 0.1) is 23.0 Å². The fourth-order valence-electron chi connectivity index (χ4n) is 2.34. The highest BCUT2D eigenvalue weighted by molar-refractivity contribution is 5.66. The first-order valence-corrected chi connectivity index (χ1v) is 7.00. The van der Waals surface area contributed by atoms with Gasteiger partial charge in [0.2, 0.25) is 5.82 Å². The number of nitrogens with zero attached hydrogens (tertiary/aromatic N) is 3. The van der Waals surface area contributed by atoms with Crippen molar-refractivity contribution < 1.29 is 14.8 Å². The van der Waals surface area contributed by atoms with Crippen LogP contribution in [0.15, 0.2) is 0 Å². The normalized spacial score (nSPS) is 12.1. The van der Waals surface area contributed by atoms with Crippen molar-refractivity contribution in [3.63, 3.8) is 0 Å². The molecule has 1 aromatic rings. The molecule has 1 atom stereocenters. The Balaban J connectivity index is 2.59. The molecule has 1 rings (SSSR count). The molecule has 0 aromatic carbocycles. The zero-order valence-electron chi connectivity index (χ0n) is 12.6. The summed E-state index contributed by atoms with van der Waals surface area (Å²) in [6, 6.07) is 0. The van der Waals surface area contributed by atoms with Crippen molar-refractivity contribution in [1.29, 1.82) is 0 Å². The van der Waals surface area contributed by atoms with E-state index in [0.29, 0.717) is 30.4 Å². The van der Waals surface area contributed by atoms with Gasteiger partial charge in [0.25, 0.3) is 0 Å². The fraction of sp³-hybridized carbons (Fsp3) is 0.692. The molecule has 2 N–H and O–H groups in total. The molecule has 0 saturated carbocycles. The predicted octanol–water partition coefficient (Wildman–Crippen LogP) is 2.33. The second kappa shape index (κ2) is 7.61. The highest BCUT2D eigenvalue weighted by Gasteiger charge is 2.23. The first-order valence-electron chi connectivity index (χ1n) is 7.00. The molecule has 1 aromatic heterocycles. The van der Waals surface area contributed by atoms with E-state index in [4.69, 9.17) is 5.11 Å². The molecule has 21 heavy (non-hydrogen) atoms. The first kappa shape index (κ1) is 16.9. The van der Waals surface area contributed by atoms with Crippen molar-refractivity contribution in [2.24, 2.45) is 13.0 Å². The summed E-state index contributed by atoms with van der Waals surface area (Å²) in [7, 11) is 1.66. The number of carboxylic acid groups (broad SMARTS) is 1. The number of nitro groups is 1. The first-order chi connectivity index (χ1) is 9.86. The summed E-state index contributed by atoms with van der Waals surface area (Å²) in [6.45, 7) is 4.17. The number of aliphatic carboxylic acids is 1. The second-order valence-corrected chi connectivity index (χ2v) is 5.09. The lowest BCUT2D eigenvalue weighted by Crippen LogP contribution is -2.13. The fourth-order valence-corrected chi connectivity index (χ4v) is 2.34. The van der Waals surface area contributed by atoms with E-state index >= 15 is 0 Å². The number of aryl methyl sites for hydroxylation is 2. The highest BCUT2D eigenvalue weighted by Crippen LogP contribution is 2.27. The molecule has 1 unspecified atom stereocenters. The number of anilines is 1. The van der Waals surface area contributed by atoms with Crippen LogP contribution in [-0.4, -0.2) is 32.3 Å². The number of aromatic nitrogens is 2. The predicted molar refractivity (Wildman–Crippen MR) is 78.4 cm³/mol. The molecule has 0 aliphatic heterocycles. The summed E-state index contributed by atoms with van der Waals surface area (Å²) in [5.41, 5.74) is 0.374. The van der Waals surface area contributed by atoms with Crippen LogP contribution in [0.4, 0.5) is 11.5 Å². The van der Waals surface area contributed by atoms with Crippen molar-refractivity contribution in [1.82, 2.24) is 9.78 Å². The summed E-state index contributed by atoms with van der Waals surface area (Å²) in [4.78, 5) is 21.2. The van der Waals surface area contributed by atoms with E-state index in [0.717, 1.165) is 12.8 Å². The third kappa shape index (κ3) is 4.73. The second-order valence-electron chi connectivity index (χ2n) is 5.09. The van der Waals surface area contributed by atoms with Gasteiger partial charge in [-0.25, -0.2) is 4.68 Å². The summed E-state index contributed by atoms with van der Waals surface area (Å²) in [5, 5.41) is 26.8. The highest BCUT2D eigenvalue weighted by atomic mass is 16.6. The molecule has 0 saturated heterocycles. The Morgan fingerprint density at radius 3 is 2.71 bits per heavy atom. The smallest absolute Gasteiger partial charge is 0.333 e. The zero-order valence-corrected chi connectivity index (χ0v) is 12.6. The number of carbonyl (C=O) groups is 1. The molecular weight excluding hydrogens is 276 g/mol. The maximum atomic E-state index is 11.0. The standard InChI is InChI=1S/C13H22N4O4/c1-4-10(5-6-11(18)19)7-8-14-13-12(17(20)21)9(2)15-16(13)3/h10,14H,4-8H2,1-3H3,(H,18,19). The minimum Gasteiger partial charge on any atom is -0.481 e. The van der Waals surface area contributed by atoms with Gasteiger partial charge in [0, 0.05) is 20.0 Å². The van der Waals surface area contributed by atoms with Crippen molar-refractivity contribution in [3.8, 4) is 0 Å². The maximum Gasteiger partial charge on any atom is 0.333 e. The molecule has 8 heteroatoms. The number of hydrogen-bond acceptors (Lipinski definition) is 5. The van der Waals surface area contributed by atoms with E-state index in [-0.39, 0.29) is 12.1 Å². The van der Waals surface area contributed by atoms with E-state index in [1.807, 2.05) is 6.92 Å². The summed E-state index contributed by atoms with van der Waals surface area (Å²) < 4.78 is 1.46.